The van der Waals surface area contributed by atoms with Crippen molar-refractivity contribution in [1.82, 2.24) is 10.2 Å². The van der Waals surface area contributed by atoms with Crippen LogP contribution in [0.5, 0.6) is 0 Å². The number of piperidine rings is 1. The molecule has 0 spiro atoms. The molecule has 0 atom stereocenters. The van der Waals surface area contributed by atoms with Crippen molar-refractivity contribution in [2.75, 3.05) is 26.3 Å². The van der Waals surface area contributed by atoms with Crippen molar-refractivity contribution < 1.29 is 9.53 Å². The second-order valence-corrected chi connectivity index (χ2v) is 6.22. The van der Waals surface area contributed by atoms with Crippen molar-refractivity contribution >= 4 is 5.91 Å². The van der Waals surface area contributed by atoms with Gasteiger partial charge in [-0.3, -0.25) is 9.69 Å². The van der Waals surface area contributed by atoms with Crippen LogP contribution < -0.4 is 5.32 Å². The van der Waals surface area contributed by atoms with Crippen molar-refractivity contribution in [2.24, 2.45) is 5.41 Å². The van der Waals surface area contributed by atoms with Gasteiger partial charge in [0.1, 0.15) is 0 Å². The molecule has 4 nitrogen and oxygen atoms in total. The molecule has 0 radical (unpaired) electrons. The van der Waals surface area contributed by atoms with Gasteiger partial charge in [-0.05, 0) is 12.8 Å². The Morgan fingerprint density at radius 1 is 1.24 bits per heavy atom. The summed E-state index contributed by atoms with van der Waals surface area (Å²) in [5, 5.41) is 3.16. The molecule has 0 aromatic carbocycles. The molecule has 0 aromatic rings. The topological polar surface area (TPSA) is 41.6 Å². The minimum absolute atomic E-state index is 0.169. The van der Waals surface area contributed by atoms with E-state index >= 15 is 0 Å². The van der Waals surface area contributed by atoms with Crippen LogP contribution in [-0.2, 0) is 9.53 Å². The zero-order valence-electron chi connectivity index (χ0n) is 11.2. The number of amides is 1. The fraction of sp³-hybridized carbons (Fsp3) is 0.923. The Morgan fingerprint density at radius 3 is 2.24 bits per heavy atom. The number of hydrogen-bond donors (Lipinski definition) is 1. The lowest BCUT2D eigenvalue weighted by Gasteiger charge is -2.41. The summed E-state index contributed by atoms with van der Waals surface area (Å²) >= 11 is 0. The molecule has 0 bridgehead atoms. The van der Waals surface area contributed by atoms with Gasteiger partial charge in [-0.15, -0.1) is 0 Å². The van der Waals surface area contributed by atoms with Crippen LogP contribution in [0.25, 0.3) is 0 Å². The molecule has 2 aliphatic rings. The van der Waals surface area contributed by atoms with Gasteiger partial charge >= 0.3 is 0 Å². The Balaban J connectivity index is 1.73. The Bertz CT molecular complexity index is 274. The molecule has 4 heteroatoms. The predicted octanol–water partition coefficient (Wildman–Crippen LogP) is 1.01. The minimum Gasteiger partial charge on any atom is -0.378 e. The summed E-state index contributed by atoms with van der Waals surface area (Å²) < 4.78 is 5.21. The van der Waals surface area contributed by atoms with Crippen LogP contribution in [0.2, 0.25) is 0 Å². The summed E-state index contributed by atoms with van der Waals surface area (Å²) in [6.45, 7) is 9.83. The summed E-state index contributed by atoms with van der Waals surface area (Å²) in [5.74, 6) is 0.169. The van der Waals surface area contributed by atoms with Crippen LogP contribution in [0.4, 0.5) is 0 Å². The molecule has 2 aliphatic heterocycles. The quantitative estimate of drug-likeness (QED) is 0.783. The number of nitrogens with one attached hydrogen (secondary N) is 1. The fourth-order valence-electron chi connectivity index (χ4n) is 2.24. The number of likely N-dealkylation sites (tertiary alicyclic amines) is 1. The highest BCUT2D eigenvalue weighted by Crippen LogP contribution is 2.19. The molecule has 17 heavy (non-hydrogen) atoms. The number of hydrogen-bond acceptors (Lipinski definition) is 3. The van der Waals surface area contributed by atoms with Crippen LogP contribution >= 0.6 is 0 Å². The average molecular weight is 240 g/mol. The third-order valence-electron chi connectivity index (χ3n) is 3.68. The van der Waals surface area contributed by atoms with Crippen molar-refractivity contribution in [3.8, 4) is 0 Å². The zero-order chi connectivity index (χ0) is 12.5. The van der Waals surface area contributed by atoms with Gasteiger partial charge in [0.15, 0.2) is 0 Å². The smallest absolute Gasteiger partial charge is 0.225 e. The Labute approximate surface area is 104 Å². The first-order chi connectivity index (χ1) is 7.97. The maximum Gasteiger partial charge on any atom is 0.225 e. The molecule has 98 valence electrons. The molecule has 0 unspecified atom stereocenters. The Hall–Kier alpha value is -0.610. The summed E-state index contributed by atoms with van der Waals surface area (Å²) in [6.07, 6.45) is 2.14. The third-order valence-corrected chi connectivity index (χ3v) is 3.68. The summed E-state index contributed by atoms with van der Waals surface area (Å²) in [5.41, 5.74) is -0.279. The molecule has 0 aromatic heterocycles. The molecule has 0 aliphatic carbocycles. The van der Waals surface area contributed by atoms with E-state index in [0.717, 1.165) is 39.1 Å². The second kappa shape index (κ2) is 4.94. The first-order valence-corrected chi connectivity index (χ1v) is 6.59. The lowest BCUT2D eigenvalue weighted by atomic mass is 9.94. The van der Waals surface area contributed by atoms with Crippen LogP contribution in [0.15, 0.2) is 0 Å². The van der Waals surface area contributed by atoms with Gasteiger partial charge in [0.2, 0.25) is 5.91 Å². The molecule has 0 saturated carbocycles. The number of carbonyl (C=O) groups is 1. The van der Waals surface area contributed by atoms with E-state index in [1.807, 2.05) is 20.8 Å². The zero-order valence-corrected chi connectivity index (χ0v) is 11.2. The monoisotopic (exact) mass is 240 g/mol. The van der Waals surface area contributed by atoms with E-state index in [0.29, 0.717) is 12.1 Å². The van der Waals surface area contributed by atoms with E-state index in [1.54, 1.807) is 0 Å². The van der Waals surface area contributed by atoms with E-state index in [4.69, 9.17) is 4.74 Å². The highest BCUT2D eigenvalue weighted by Gasteiger charge is 2.31. The van der Waals surface area contributed by atoms with Crippen LogP contribution in [-0.4, -0.2) is 49.2 Å². The molecule has 2 saturated heterocycles. The molecule has 2 heterocycles. The minimum atomic E-state index is -0.279. The lowest BCUT2D eigenvalue weighted by Crippen LogP contribution is -2.55. The van der Waals surface area contributed by atoms with Gasteiger partial charge in [0, 0.05) is 24.5 Å². The average Bonchev–Trinajstić information content (AvgIpc) is 2.16. The largest absolute Gasteiger partial charge is 0.378 e. The lowest BCUT2D eigenvalue weighted by molar-refractivity contribution is -0.130. The van der Waals surface area contributed by atoms with Gasteiger partial charge in [0.05, 0.1) is 19.3 Å². The van der Waals surface area contributed by atoms with Crippen molar-refractivity contribution in [1.29, 1.82) is 0 Å². The molecule has 1 N–H and O–H groups in total. The molecule has 2 fully saturated rings. The van der Waals surface area contributed by atoms with Gasteiger partial charge < -0.3 is 10.1 Å². The Kier molecular flexibility index (Phi) is 3.73. The summed E-state index contributed by atoms with van der Waals surface area (Å²) in [7, 11) is 0. The van der Waals surface area contributed by atoms with Crippen molar-refractivity contribution in [2.45, 2.75) is 45.7 Å². The van der Waals surface area contributed by atoms with E-state index in [9.17, 15) is 4.79 Å². The maximum absolute atomic E-state index is 11.9. The third kappa shape index (κ3) is 3.19. The fourth-order valence-corrected chi connectivity index (χ4v) is 2.24. The molecular formula is C13H24N2O2. The summed E-state index contributed by atoms with van der Waals surface area (Å²) in [4.78, 5) is 14.4. The predicted molar refractivity (Wildman–Crippen MR) is 66.8 cm³/mol. The standard InChI is InChI=1S/C13H24N2O2/c1-13(2,3)12(16)14-10-4-6-15(7-5-10)11-8-17-9-11/h10-11H,4-9H2,1-3H3,(H,14,16). The first kappa shape index (κ1) is 12.8. The summed E-state index contributed by atoms with van der Waals surface area (Å²) in [6, 6.07) is 0.994. The maximum atomic E-state index is 11.9. The number of ether oxygens (including phenoxy) is 1. The first-order valence-electron chi connectivity index (χ1n) is 6.59. The number of rotatable bonds is 2. The van der Waals surface area contributed by atoms with E-state index in [1.165, 1.54) is 0 Å². The van der Waals surface area contributed by atoms with Crippen LogP contribution in [0.3, 0.4) is 0 Å². The highest BCUT2D eigenvalue weighted by molar-refractivity contribution is 5.81. The molecular weight excluding hydrogens is 216 g/mol. The second-order valence-electron chi connectivity index (χ2n) is 6.22. The van der Waals surface area contributed by atoms with Crippen molar-refractivity contribution in [3.63, 3.8) is 0 Å². The van der Waals surface area contributed by atoms with E-state index < -0.39 is 0 Å². The molecule has 1 amide bonds. The SMILES string of the molecule is CC(C)(C)C(=O)NC1CCN(C2COC2)CC1. The normalized spacial score (nSPS) is 24.4. The van der Waals surface area contributed by atoms with Crippen LogP contribution in [0, 0.1) is 5.41 Å². The molecule has 2 rings (SSSR count). The number of nitrogens with zero attached hydrogens (tertiary/aromatic N) is 1. The van der Waals surface area contributed by atoms with Crippen LogP contribution in [0.1, 0.15) is 33.6 Å². The highest BCUT2D eigenvalue weighted by atomic mass is 16.5. The Morgan fingerprint density at radius 2 is 1.82 bits per heavy atom. The van der Waals surface area contributed by atoms with Gasteiger partial charge in [-0.2, -0.15) is 0 Å². The van der Waals surface area contributed by atoms with E-state index in [-0.39, 0.29) is 11.3 Å². The van der Waals surface area contributed by atoms with Crippen molar-refractivity contribution in [3.05, 3.63) is 0 Å². The van der Waals surface area contributed by atoms with Gasteiger partial charge in [-0.25, -0.2) is 0 Å². The van der Waals surface area contributed by atoms with E-state index in [2.05, 4.69) is 10.2 Å². The van der Waals surface area contributed by atoms with Gasteiger partial charge in [-0.1, -0.05) is 20.8 Å². The van der Waals surface area contributed by atoms with Gasteiger partial charge in [0.25, 0.3) is 0 Å². The number of carbonyl (C=O) groups excluding carboxylic acids is 1.